The van der Waals surface area contributed by atoms with E-state index >= 15 is 0 Å². The minimum Gasteiger partial charge on any atom is -0.481 e. The summed E-state index contributed by atoms with van der Waals surface area (Å²) in [5.41, 5.74) is 0. The standard InChI is InChI=1S/C15H26N2O4/c18-14(19)12-7-9-17(11-12)15(20)16-8-4-10-21-13-5-2-1-3-6-13/h12-13H,1-11H2,(H,16,20)(H,18,19). The van der Waals surface area contributed by atoms with Crippen molar-refractivity contribution >= 4 is 12.0 Å². The van der Waals surface area contributed by atoms with E-state index in [2.05, 4.69) is 5.32 Å². The van der Waals surface area contributed by atoms with Gasteiger partial charge >= 0.3 is 12.0 Å². The topological polar surface area (TPSA) is 78.9 Å². The first-order chi connectivity index (χ1) is 10.2. The van der Waals surface area contributed by atoms with Crippen molar-refractivity contribution in [1.82, 2.24) is 10.2 Å². The van der Waals surface area contributed by atoms with Gasteiger partial charge in [-0.25, -0.2) is 4.79 Å². The number of ether oxygens (including phenoxy) is 1. The molecule has 0 radical (unpaired) electrons. The molecular weight excluding hydrogens is 272 g/mol. The first kappa shape index (κ1) is 16.1. The highest BCUT2D eigenvalue weighted by atomic mass is 16.5. The van der Waals surface area contributed by atoms with Crippen molar-refractivity contribution in [3.63, 3.8) is 0 Å². The van der Waals surface area contributed by atoms with Crippen LogP contribution < -0.4 is 5.32 Å². The van der Waals surface area contributed by atoms with Crippen LogP contribution in [-0.4, -0.2) is 54.4 Å². The number of hydrogen-bond donors (Lipinski definition) is 2. The maximum absolute atomic E-state index is 11.9. The highest BCUT2D eigenvalue weighted by molar-refractivity contribution is 5.77. The Bertz CT molecular complexity index is 356. The summed E-state index contributed by atoms with van der Waals surface area (Å²) in [4.78, 5) is 24.3. The molecule has 1 unspecified atom stereocenters. The van der Waals surface area contributed by atoms with Crippen LogP contribution in [0, 0.1) is 5.92 Å². The summed E-state index contributed by atoms with van der Waals surface area (Å²) >= 11 is 0. The van der Waals surface area contributed by atoms with E-state index < -0.39 is 11.9 Å². The zero-order valence-corrected chi connectivity index (χ0v) is 12.6. The molecule has 2 amide bonds. The van der Waals surface area contributed by atoms with Gasteiger partial charge in [-0.2, -0.15) is 0 Å². The molecule has 2 N–H and O–H groups in total. The number of nitrogens with zero attached hydrogens (tertiary/aromatic N) is 1. The summed E-state index contributed by atoms with van der Waals surface area (Å²) in [5, 5.41) is 11.7. The number of carbonyl (C=O) groups excluding carboxylic acids is 1. The number of urea groups is 1. The van der Waals surface area contributed by atoms with Gasteiger partial charge in [0, 0.05) is 26.2 Å². The van der Waals surface area contributed by atoms with Crippen molar-refractivity contribution < 1.29 is 19.4 Å². The summed E-state index contributed by atoms with van der Waals surface area (Å²) in [6.07, 6.45) is 7.94. The van der Waals surface area contributed by atoms with Crippen LogP contribution in [0.5, 0.6) is 0 Å². The van der Waals surface area contributed by atoms with Crippen LogP contribution in [0.15, 0.2) is 0 Å². The van der Waals surface area contributed by atoms with Crippen molar-refractivity contribution in [3.8, 4) is 0 Å². The number of likely N-dealkylation sites (tertiary alicyclic amines) is 1. The van der Waals surface area contributed by atoms with E-state index in [1.165, 1.54) is 19.3 Å². The Morgan fingerprint density at radius 1 is 1.19 bits per heavy atom. The number of carbonyl (C=O) groups is 2. The largest absolute Gasteiger partial charge is 0.481 e. The van der Waals surface area contributed by atoms with E-state index in [0.717, 1.165) is 19.3 Å². The van der Waals surface area contributed by atoms with Crippen molar-refractivity contribution in [2.75, 3.05) is 26.2 Å². The number of nitrogens with one attached hydrogen (secondary N) is 1. The number of amides is 2. The first-order valence-corrected chi connectivity index (χ1v) is 8.04. The second-order valence-electron chi connectivity index (χ2n) is 5.99. The third kappa shape index (κ3) is 5.19. The molecule has 1 saturated heterocycles. The van der Waals surface area contributed by atoms with Crippen molar-refractivity contribution in [1.29, 1.82) is 0 Å². The third-order valence-corrected chi connectivity index (χ3v) is 4.33. The average molecular weight is 298 g/mol. The third-order valence-electron chi connectivity index (χ3n) is 4.33. The Balaban J connectivity index is 1.52. The SMILES string of the molecule is O=C(O)C1CCN(C(=O)NCCCOC2CCCCC2)C1. The van der Waals surface area contributed by atoms with E-state index in [1.54, 1.807) is 4.90 Å². The van der Waals surface area contributed by atoms with E-state index in [4.69, 9.17) is 9.84 Å². The van der Waals surface area contributed by atoms with Gasteiger partial charge < -0.3 is 20.1 Å². The van der Waals surface area contributed by atoms with Gasteiger partial charge in [0.05, 0.1) is 12.0 Å². The fourth-order valence-corrected chi connectivity index (χ4v) is 3.01. The Labute approximate surface area is 125 Å². The molecule has 1 aliphatic heterocycles. The minimum atomic E-state index is -0.814. The summed E-state index contributed by atoms with van der Waals surface area (Å²) in [6.45, 7) is 2.11. The maximum Gasteiger partial charge on any atom is 0.317 e. The highest BCUT2D eigenvalue weighted by Gasteiger charge is 2.30. The van der Waals surface area contributed by atoms with Crippen LogP contribution >= 0.6 is 0 Å². The maximum atomic E-state index is 11.9. The van der Waals surface area contributed by atoms with Crippen LogP contribution in [0.1, 0.15) is 44.9 Å². The fourth-order valence-electron chi connectivity index (χ4n) is 3.01. The molecule has 0 bridgehead atoms. The predicted octanol–water partition coefficient (Wildman–Crippen LogP) is 1.84. The van der Waals surface area contributed by atoms with Crippen LogP contribution in [0.4, 0.5) is 4.79 Å². The molecule has 2 aliphatic rings. The molecule has 2 rings (SSSR count). The van der Waals surface area contributed by atoms with Crippen LogP contribution in [0.2, 0.25) is 0 Å². The van der Waals surface area contributed by atoms with E-state index in [-0.39, 0.29) is 6.03 Å². The lowest BCUT2D eigenvalue weighted by Crippen LogP contribution is -2.39. The lowest BCUT2D eigenvalue weighted by Gasteiger charge is -2.22. The molecule has 21 heavy (non-hydrogen) atoms. The van der Waals surface area contributed by atoms with Gasteiger partial charge in [0.1, 0.15) is 0 Å². The van der Waals surface area contributed by atoms with Crippen LogP contribution in [0.25, 0.3) is 0 Å². The quantitative estimate of drug-likeness (QED) is 0.733. The summed E-state index contributed by atoms with van der Waals surface area (Å²) < 4.78 is 5.80. The average Bonchev–Trinajstić information content (AvgIpc) is 2.98. The van der Waals surface area contributed by atoms with Gasteiger partial charge in [-0.1, -0.05) is 19.3 Å². The zero-order chi connectivity index (χ0) is 15.1. The summed E-state index contributed by atoms with van der Waals surface area (Å²) in [6, 6.07) is -0.156. The normalized spacial score (nSPS) is 23.2. The molecule has 6 nitrogen and oxygen atoms in total. The molecule has 0 spiro atoms. The van der Waals surface area contributed by atoms with Crippen molar-refractivity contribution in [2.45, 2.75) is 51.0 Å². The van der Waals surface area contributed by atoms with Gasteiger partial charge in [0.15, 0.2) is 0 Å². The minimum absolute atomic E-state index is 0.156. The lowest BCUT2D eigenvalue weighted by molar-refractivity contribution is -0.141. The number of carboxylic acids is 1. The molecule has 120 valence electrons. The van der Waals surface area contributed by atoms with Crippen molar-refractivity contribution in [3.05, 3.63) is 0 Å². The number of carboxylic acid groups (broad SMARTS) is 1. The smallest absolute Gasteiger partial charge is 0.317 e. The van der Waals surface area contributed by atoms with Gasteiger partial charge in [-0.3, -0.25) is 4.79 Å². The lowest BCUT2D eigenvalue weighted by atomic mass is 9.98. The Morgan fingerprint density at radius 3 is 2.62 bits per heavy atom. The predicted molar refractivity (Wildman–Crippen MR) is 78.2 cm³/mol. The van der Waals surface area contributed by atoms with Crippen LogP contribution in [0.3, 0.4) is 0 Å². The molecule has 0 aromatic carbocycles. The second-order valence-corrected chi connectivity index (χ2v) is 5.99. The van der Waals surface area contributed by atoms with E-state index in [9.17, 15) is 9.59 Å². The first-order valence-electron chi connectivity index (χ1n) is 8.04. The van der Waals surface area contributed by atoms with Gasteiger partial charge in [0.25, 0.3) is 0 Å². The fraction of sp³-hybridized carbons (Fsp3) is 0.867. The molecule has 1 aliphatic carbocycles. The molecule has 0 aromatic rings. The van der Waals surface area contributed by atoms with Gasteiger partial charge in [-0.05, 0) is 25.7 Å². The Kier molecular flexibility index (Phi) is 6.29. The molecule has 1 atom stereocenters. The summed E-state index contributed by atoms with van der Waals surface area (Å²) in [7, 11) is 0. The molecular formula is C15H26N2O4. The second kappa shape index (κ2) is 8.22. The van der Waals surface area contributed by atoms with E-state index in [1.807, 2.05) is 0 Å². The van der Waals surface area contributed by atoms with Gasteiger partial charge in [-0.15, -0.1) is 0 Å². The number of rotatable bonds is 6. The van der Waals surface area contributed by atoms with Crippen molar-refractivity contribution in [2.24, 2.45) is 5.92 Å². The zero-order valence-electron chi connectivity index (χ0n) is 12.6. The Morgan fingerprint density at radius 2 is 1.95 bits per heavy atom. The number of aliphatic carboxylic acids is 1. The highest BCUT2D eigenvalue weighted by Crippen LogP contribution is 2.20. The van der Waals surface area contributed by atoms with E-state index in [0.29, 0.717) is 38.8 Å². The molecule has 0 aromatic heterocycles. The van der Waals surface area contributed by atoms with Gasteiger partial charge in [0.2, 0.25) is 0 Å². The van der Waals surface area contributed by atoms with Crippen LogP contribution in [-0.2, 0) is 9.53 Å². The summed E-state index contributed by atoms with van der Waals surface area (Å²) in [5.74, 6) is -1.23. The molecule has 6 heteroatoms. The Hall–Kier alpha value is -1.30. The number of hydrogen-bond acceptors (Lipinski definition) is 3. The molecule has 2 fully saturated rings. The monoisotopic (exact) mass is 298 g/mol. The molecule has 1 saturated carbocycles. The molecule has 1 heterocycles.